The van der Waals surface area contributed by atoms with Gasteiger partial charge in [-0.3, -0.25) is 14.7 Å². The first-order valence-electron chi connectivity index (χ1n) is 10.9. The van der Waals surface area contributed by atoms with Crippen molar-refractivity contribution in [3.63, 3.8) is 0 Å². The Bertz CT molecular complexity index is 788. The molecule has 0 saturated carbocycles. The van der Waals surface area contributed by atoms with Gasteiger partial charge in [0.1, 0.15) is 11.5 Å². The first kappa shape index (κ1) is 20.0. The summed E-state index contributed by atoms with van der Waals surface area (Å²) in [7, 11) is 0. The molecule has 0 unspecified atom stereocenters. The third-order valence-corrected chi connectivity index (χ3v) is 6.46. The minimum absolute atomic E-state index is 0.0554. The van der Waals surface area contributed by atoms with E-state index in [1.807, 2.05) is 29.2 Å². The van der Waals surface area contributed by atoms with Crippen LogP contribution in [0, 0.1) is 11.7 Å². The fraction of sp³-hybridized carbons (Fsp3) is 0.500. The Morgan fingerprint density at radius 2 is 1.83 bits per heavy atom. The summed E-state index contributed by atoms with van der Waals surface area (Å²) < 4.78 is 13.1. The standard InChI is InChI=1S/C24H30FN3O/c25-21-10-8-19(9-11-21)6-7-20-4-3-15-28(18-20)22-12-16-27(17-13-22)24(29)23-5-1-2-14-26-23/h1-2,5,8-11,14,20,22H,3-4,6-7,12-13,15-18H2/t20-/m1/s1. The number of aryl methyl sites for hydroxylation is 1. The van der Waals surface area contributed by atoms with Gasteiger partial charge < -0.3 is 4.90 Å². The molecule has 1 atom stereocenters. The van der Waals surface area contributed by atoms with Gasteiger partial charge in [-0.05, 0) is 80.8 Å². The molecule has 5 heteroatoms. The zero-order valence-electron chi connectivity index (χ0n) is 17.0. The van der Waals surface area contributed by atoms with Crippen LogP contribution in [0.15, 0.2) is 48.7 Å². The van der Waals surface area contributed by atoms with Gasteiger partial charge in [-0.1, -0.05) is 18.2 Å². The third-order valence-electron chi connectivity index (χ3n) is 6.46. The van der Waals surface area contributed by atoms with E-state index in [9.17, 15) is 9.18 Å². The van der Waals surface area contributed by atoms with Crippen LogP contribution in [0.1, 0.15) is 48.2 Å². The number of carbonyl (C=O) groups is 1. The van der Waals surface area contributed by atoms with Crippen LogP contribution in [-0.4, -0.2) is 52.9 Å². The maximum Gasteiger partial charge on any atom is 0.272 e. The molecule has 3 heterocycles. The number of nitrogens with zero attached hydrogens (tertiary/aromatic N) is 3. The molecule has 0 radical (unpaired) electrons. The quantitative estimate of drug-likeness (QED) is 0.762. The first-order valence-corrected chi connectivity index (χ1v) is 10.9. The molecule has 2 aromatic rings. The van der Waals surface area contributed by atoms with E-state index in [4.69, 9.17) is 0 Å². The molecule has 0 bridgehead atoms. The molecule has 0 spiro atoms. The Kier molecular flexibility index (Phi) is 6.55. The van der Waals surface area contributed by atoms with Crippen LogP contribution < -0.4 is 0 Å². The molecule has 2 fully saturated rings. The minimum atomic E-state index is -0.162. The van der Waals surface area contributed by atoms with Crippen LogP contribution >= 0.6 is 0 Å². The Labute approximate surface area is 172 Å². The lowest BCUT2D eigenvalue weighted by Gasteiger charge is -2.42. The lowest BCUT2D eigenvalue weighted by Crippen LogP contribution is -2.49. The lowest BCUT2D eigenvalue weighted by atomic mass is 9.89. The Morgan fingerprint density at radius 3 is 2.55 bits per heavy atom. The van der Waals surface area contributed by atoms with E-state index < -0.39 is 0 Å². The topological polar surface area (TPSA) is 36.4 Å². The number of carbonyl (C=O) groups excluding carboxylic acids is 1. The fourth-order valence-electron chi connectivity index (χ4n) is 4.77. The molecular weight excluding hydrogens is 365 g/mol. The average Bonchev–Trinajstić information content (AvgIpc) is 2.79. The predicted molar refractivity (Wildman–Crippen MR) is 112 cm³/mol. The van der Waals surface area contributed by atoms with E-state index >= 15 is 0 Å². The van der Waals surface area contributed by atoms with Crippen molar-refractivity contribution in [2.45, 2.75) is 44.6 Å². The summed E-state index contributed by atoms with van der Waals surface area (Å²) in [5.74, 6) is 0.604. The van der Waals surface area contributed by atoms with Crippen LogP contribution in [0.5, 0.6) is 0 Å². The van der Waals surface area contributed by atoms with Gasteiger partial charge in [0.15, 0.2) is 0 Å². The number of pyridine rings is 1. The number of halogens is 1. The second-order valence-electron chi connectivity index (χ2n) is 8.41. The molecule has 2 aliphatic rings. The van der Waals surface area contributed by atoms with Crippen LogP contribution in [-0.2, 0) is 6.42 Å². The zero-order valence-corrected chi connectivity index (χ0v) is 17.0. The SMILES string of the molecule is O=C(c1ccccn1)N1CCC(N2CCC[C@H](CCc3ccc(F)cc3)C2)CC1. The maximum absolute atomic E-state index is 13.1. The van der Waals surface area contributed by atoms with Crippen molar-refractivity contribution < 1.29 is 9.18 Å². The number of piperidine rings is 2. The average molecular weight is 396 g/mol. The molecule has 29 heavy (non-hydrogen) atoms. The van der Waals surface area contributed by atoms with Gasteiger partial charge in [0.05, 0.1) is 0 Å². The van der Waals surface area contributed by atoms with Gasteiger partial charge in [-0.25, -0.2) is 4.39 Å². The summed E-state index contributed by atoms with van der Waals surface area (Å²) in [4.78, 5) is 21.4. The van der Waals surface area contributed by atoms with Crippen molar-refractivity contribution in [3.8, 4) is 0 Å². The third kappa shape index (κ3) is 5.21. The number of hydrogen-bond acceptors (Lipinski definition) is 3. The number of rotatable bonds is 5. The highest BCUT2D eigenvalue weighted by Crippen LogP contribution is 2.27. The van der Waals surface area contributed by atoms with Gasteiger partial charge in [0.25, 0.3) is 5.91 Å². The van der Waals surface area contributed by atoms with Gasteiger partial charge in [0, 0.05) is 31.9 Å². The number of aromatic nitrogens is 1. The molecule has 4 rings (SSSR count). The summed E-state index contributed by atoms with van der Waals surface area (Å²) in [5, 5.41) is 0. The number of amides is 1. The molecular formula is C24H30FN3O. The second kappa shape index (κ2) is 9.49. The van der Waals surface area contributed by atoms with Crippen LogP contribution in [0.25, 0.3) is 0 Å². The summed E-state index contributed by atoms with van der Waals surface area (Å²) in [6.45, 7) is 3.96. The Morgan fingerprint density at radius 1 is 1.03 bits per heavy atom. The van der Waals surface area contributed by atoms with Crippen molar-refractivity contribution >= 4 is 5.91 Å². The van der Waals surface area contributed by atoms with Gasteiger partial charge in [-0.15, -0.1) is 0 Å². The largest absolute Gasteiger partial charge is 0.337 e. The van der Waals surface area contributed by atoms with E-state index in [0.717, 1.165) is 38.9 Å². The van der Waals surface area contributed by atoms with Gasteiger partial charge >= 0.3 is 0 Å². The normalized spacial score (nSPS) is 21.3. The highest BCUT2D eigenvalue weighted by Gasteiger charge is 2.30. The predicted octanol–water partition coefficient (Wildman–Crippen LogP) is 4.17. The maximum atomic E-state index is 13.1. The van der Waals surface area contributed by atoms with Crippen molar-refractivity contribution in [1.82, 2.24) is 14.8 Å². The molecule has 0 aliphatic carbocycles. The monoisotopic (exact) mass is 395 g/mol. The van der Waals surface area contributed by atoms with Crippen molar-refractivity contribution in [2.24, 2.45) is 5.92 Å². The van der Waals surface area contributed by atoms with E-state index in [0.29, 0.717) is 17.7 Å². The Hall–Kier alpha value is -2.27. The van der Waals surface area contributed by atoms with Crippen LogP contribution in [0.2, 0.25) is 0 Å². The van der Waals surface area contributed by atoms with Crippen molar-refractivity contribution in [1.29, 1.82) is 0 Å². The number of benzene rings is 1. The zero-order chi connectivity index (χ0) is 20.1. The number of likely N-dealkylation sites (tertiary alicyclic amines) is 2. The van der Waals surface area contributed by atoms with E-state index in [1.54, 1.807) is 24.4 Å². The highest BCUT2D eigenvalue weighted by atomic mass is 19.1. The van der Waals surface area contributed by atoms with E-state index in [2.05, 4.69) is 9.88 Å². The molecule has 2 aliphatic heterocycles. The van der Waals surface area contributed by atoms with Crippen molar-refractivity contribution in [3.05, 3.63) is 65.7 Å². The van der Waals surface area contributed by atoms with Gasteiger partial charge in [-0.2, -0.15) is 0 Å². The highest BCUT2D eigenvalue weighted by molar-refractivity contribution is 5.92. The lowest BCUT2D eigenvalue weighted by molar-refractivity contribution is 0.0518. The van der Waals surface area contributed by atoms with Crippen LogP contribution in [0.3, 0.4) is 0 Å². The molecule has 4 nitrogen and oxygen atoms in total. The number of hydrogen-bond donors (Lipinski definition) is 0. The molecule has 1 amide bonds. The molecule has 1 aromatic heterocycles. The molecule has 0 N–H and O–H groups in total. The smallest absolute Gasteiger partial charge is 0.272 e. The summed E-state index contributed by atoms with van der Waals surface area (Å²) >= 11 is 0. The molecule has 154 valence electrons. The fourth-order valence-corrected chi connectivity index (χ4v) is 4.77. The summed E-state index contributed by atoms with van der Waals surface area (Å²) in [6, 6.07) is 13.0. The minimum Gasteiger partial charge on any atom is -0.337 e. The van der Waals surface area contributed by atoms with Gasteiger partial charge in [0.2, 0.25) is 0 Å². The summed E-state index contributed by atoms with van der Waals surface area (Å²) in [6.07, 6.45) is 8.50. The van der Waals surface area contributed by atoms with E-state index in [-0.39, 0.29) is 11.7 Å². The Balaban J connectivity index is 1.25. The second-order valence-corrected chi connectivity index (χ2v) is 8.41. The first-order chi connectivity index (χ1) is 14.2. The van der Waals surface area contributed by atoms with E-state index in [1.165, 1.54) is 31.4 Å². The summed E-state index contributed by atoms with van der Waals surface area (Å²) in [5.41, 5.74) is 1.77. The molecule has 2 saturated heterocycles. The molecule has 1 aromatic carbocycles. The van der Waals surface area contributed by atoms with Crippen molar-refractivity contribution in [2.75, 3.05) is 26.2 Å². The van der Waals surface area contributed by atoms with Crippen LogP contribution in [0.4, 0.5) is 4.39 Å².